The summed E-state index contributed by atoms with van der Waals surface area (Å²) < 4.78 is 3.27. The molecule has 26 heavy (non-hydrogen) atoms. The summed E-state index contributed by atoms with van der Waals surface area (Å²) in [6.07, 6.45) is -0.101. The quantitative estimate of drug-likeness (QED) is 0.423. The van der Waals surface area contributed by atoms with Gasteiger partial charge in [-0.05, 0) is 11.6 Å². The van der Waals surface area contributed by atoms with Crippen LogP contribution < -0.4 is 0 Å². The van der Waals surface area contributed by atoms with Crippen LogP contribution in [0.3, 0.4) is 0 Å². The number of nitrogens with zero attached hydrogens (tertiary/aromatic N) is 1. The monoisotopic (exact) mass is 399 g/mol. The number of benzene rings is 1. The van der Waals surface area contributed by atoms with E-state index in [0.29, 0.717) is 5.56 Å². The molecule has 2 aliphatic rings. The maximum atomic E-state index is 13.2. The fourth-order valence-electron chi connectivity index (χ4n) is 3.24. The van der Waals surface area contributed by atoms with Crippen molar-refractivity contribution in [2.45, 2.75) is 28.9 Å². The van der Waals surface area contributed by atoms with Crippen LogP contribution in [-0.4, -0.2) is 55.5 Å². The minimum absolute atomic E-state index is 0.0681. The van der Waals surface area contributed by atoms with E-state index in [9.17, 15) is 24.6 Å². The number of β-lactam (4-membered cyclic amide) rings is 1. The van der Waals surface area contributed by atoms with Crippen LogP contribution in [0.5, 0.6) is 0 Å². The highest BCUT2D eigenvalue weighted by Crippen LogP contribution is 2.48. The van der Waals surface area contributed by atoms with Crippen molar-refractivity contribution in [1.82, 2.24) is 4.90 Å². The zero-order valence-electron chi connectivity index (χ0n) is 13.4. The molecule has 1 amide bonds. The molecule has 1 aromatic carbocycles. The van der Waals surface area contributed by atoms with E-state index in [-0.39, 0.29) is 18.6 Å². The number of carboxylic acid groups (broad SMARTS) is 1. The van der Waals surface area contributed by atoms with Crippen LogP contribution in [0.25, 0.3) is 0 Å². The van der Waals surface area contributed by atoms with Crippen LogP contribution in [0.1, 0.15) is 12.0 Å². The van der Waals surface area contributed by atoms with Crippen LogP contribution in [0.2, 0.25) is 0 Å². The first-order valence-corrected chi connectivity index (χ1v) is 8.51. The van der Waals surface area contributed by atoms with Gasteiger partial charge >= 0.3 is 5.97 Å². The smallest absolute Gasteiger partial charge is 0.345 e. The molecule has 2 fully saturated rings. The lowest BCUT2D eigenvalue weighted by Gasteiger charge is -2.41. The van der Waals surface area contributed by atoms with Gasteiger partial charge in [-0.2, -0.15) is 0 Å². The lowest BCUT2D eigenvalue weighted by atomic mass is 9.84. The number of alkyl halides is 2. The summed E-state index contributed by atoms with van der Waals surface area (Å²) in [5.41, 5.74) is -1.88. The minimum atomic E-state index is -2.50. The third-order valence-corrected chi connectivity index (χ3v) is 5.01. The first-order valence-electron chi connectivity index (χ1n) is 7.75. The average molecular weight is 400 g/mol. The molecule has 9 heteroatoms. The molecular formula is C17H15Cl2NO6. The first kappa shape index (κ1) is 18.7. The number of Topliss-reactive ketones (excluding diaryl/α,β-unsaturated/α-hetero) is 1. The van der Waals surface area contributed by atoms with Crippen LogP contribution in [0.4, 0.5) is 0 Å². The number of carboxylic acids is 1. The van der Waals surface area contributed by atoms with Crippen molar-refractivity contribution < 1.29 is 29.3 Å². The van der Waals surface area contributed by atoms with E-state index in [0.717, 1.165) is 11.0 Å². The molecule has 2 N–H and O–H groups in total. The number of ether oxygens (including phenoxy) is 1. The van der Waals surface area contributed by atoms with Gasteiger partial charge in [-0.3, -0.25) is 14.5 Å². The largest absolute Gasteiger partial charge is 0.479 e. The summed E-state index contributed by atoms with van der Waals surface area (Å²) in [6.45, 7) is -0.581. The Morgan fingerprint density at radius 3 is 2.54 bits per heavy atom. The Hall–Kier alpha value is -2.09. The molecule has 2 aliphatic heterocycles. The van der Waals surface area contributed by atoms with Gasteiger partial charge < -0.3 is 14.9 Å². The molecule has 0 unspecified atom stereocenters. The first-order chi connectivity index (χ1) is 12.2. The highest BCUT2D eigenvalue weighted by atomic mass is 35.5. The Morgan fingerprint density at radius 2 is 2.00 bits per heavy atom. The van der Waals surface area contributed by atoms with Crippen molar-refractivity contribution in [2.24, 2.45) is 0 Å². The molecule has 2 atom stereocenters. The van der Waals surface area contributed by atoms with E-state index < -0.39 is 40.4 Å². The molecule has 0 spiro atoms. The molecule has 0 aromatic heterocycles. The molecule has 3 rings (SSSR count). The number of fused-ring (bicyclic) bond motifs is 1. The second-order valence-electron chi connectivity index (χ2n) is 6.00. The van der Waals surface area contributed by atoms with E-state index in [1.54, 1.807) is 30.3 Å². The van der Waals surface area contributed by atoms with Crippen molar-refractivity contribution in [3.8, 4) is 0 Å². The maximum absolute atomic E-state index is 13.2. The zero-order chi connectivity index (χ0) is 19.1. The second-order valence-corrected chi connectivity index (χ2v) is 7.49. The number of hydrogen-bond donors (Lipinski definition) is 2. The lowest BCUT2D eigenvalue weighted by Crippen LogP contribution is -2.69. The van der Waals surface area contributed by atoms with Gasteiger partial charge in [0.2, 0.25) is 11.7 Å². The number of halogens is 2. The van der Waals surface area contributed by atoms with Gasteiger partial charge in [0, 0.05) is 6.42 Å². The number of aliphatic hydroxyl groups is 1. The summed E-state index contributed by atoms with van der Waals surface area (Å²) in [4.78, 5) is 38.2. The Labute approximate surface area is 158 Å². The second kappa shape index (κ2) is 6.57. The number of carbonyl (C=O) groups excluding carboxylic acids is 2. The molecule has 0 aliphatic carbocycles. The molecule has 0 saturated carbocycles. The number of rotatable bonds is 6. The summed E-state index contributed by atoms with van der Waals surface area (Å²) >= 11 is 12.5. The SMILES string of the molecule is O=C1C[C@H]2O/C(=C\CO)[C@](C(=O)O)(C(=O)C(Cl)(Cl)Cc3ccccc3)N12. The van der Waals surface area contributed by atoms with E-state index >= 15 is 0 Å². The van der Waals surface area contributed by atoms with Gasteiger partial charge in [-0.1, -0.05) is 53.5 Å². The molecule has 0 radical (unpaired) electrons. The van der Waals surface area contributed by atoms with Gasteiger partial charge in [0.1, 0.15) is 5.76 Å². The molecule has 1 aromatic rings. The maximum Gasteiger partial charge on any atom is 0.345 e. The van der Waals surface area contributed by atoms with Crippen molar-refractivity contribution >= 4 is 40.9 Å². The number of aliphatic carboxylic acids is 1. The molecule has 2 heterocycles. The lowest BCUT2D eigenvalue weighted by molar-refractivity contribution is -0.173. The molecule has 138 valence electrons. The number of carbonyl (C=O) groups is 3. The van der Waals surface area contributed by atoms with Gasteiger partial charge in [0.25, 0.3) is 5.54 Å². The van der Waals surface area contributed by atoms with Crippen LogP contribution in [0, 0.1) is 0 Å². The third-order valence-electron chi connectivity index (χ3n) is 4.40. The van der Waals surface area contributed by atoms with Gasteiger partial charge in [0.05, 0.1) is 13.0 Å². The Morgan fingerprint density at radius 1 is 1.35 bits per heavy atom. The minimum Gasteiger partial charge on any atom is -0.479 e. The molecular weight excluding hydrogens is 385 g/mol. The molecule has 0 bridgehead atoms. The van der Waals surface area contributed by atoms with E-state index in [1.165, 1.54) is 0 Å². The fourth-order valence-corrected chi connectivity index (χ4v) is 3.82. The number of aliphatic hydroxyl groups excluding tert-OH is 1. The van der Waals surface area contributed by atoms with Crippen molar-refractivity contribution in [3.05, 3.63) is 47.7 Å². The zero-order valence-corrected chi connectivity index (χ0v) is 14.9. The van der Waals surface area contributed by atoms with Gasteiger partial charge in [-0.25, -0.2) is 4.79 Å². The predicted molar refractivity (Wildman–Crippen MR) is 91.5 cm³/mol. The van der Waals surface area contributed by atoms with Crippen LogP contribution >= 0.6 is 23.2 Å². The Bertz CT molecular complexity index is 794. The Balaban J connectivity index is 2.06. The average Bonchev–Trinajstić information content (AvgIpc) is 2.84. The topological polar surface area (TPSA) is 104 Å². The van der Waals surface area contributed by atoms with Gasteiger partial charge in [0.15, 0.2) is 10.6 Å². The number of ketones is 1. The van der Waals surface area contributed by atoms with Crippen LogP contribution in [0.15, 0.2) is 42.2 Å². The normalized spacial score (nSPS) is 26.3. The Kier molecular flexibility index (Phi) is 4.72. The highest BCUT2D eigenvalue weighted by molar-refractivity contribution is 6.60. The van der Waals surface area contributed by atoms with E-state index in [1.807, 2.05) is 0 Å². The molecule has 7 nitrogen and oxygen atoms in total. The molecule has 2 saturated heterocycles. The summed E-state index contributed by atoms with van der Waals surface area (Å²) in [7, 11) is 0. The summed E-state index contributed by atoms with van der Waals surface area (Å²) in [6, 6.07) is 8.59. The number of amides is 1. The van der Waals surface area contributed by atoms with Crippen LogP contribution in [-0.2, 0) is 25.5 Å². The summed E-state index contributed by atoms with van der Waals surface area (Å²) in [5, 5.41) is 19.1. The van der Waals surface area contributed by atoms with E-state index in [2.05, 4.69) is 0 Å². The van der Waals surface area contributed by atoms with Gasteiger partial charge in [-0.15, -0.1) is 0 Å². The number of hydrogen-bond acceptors (Lipinski definition) is 5. The van der Waals surface area contributed by atoms with Crippen molar-refractivity contribution in [2.75, 3.05) is 6.61 Å². The van der Waals surface area contributed by atoms with Crippen molar-refractivity contribution in [3.63, 3.8) is 0 Å². The highest BCUT2D eigenvalue weighted by Gasteiger charge is 2.71. The van der Waals surface area contributed by atoms with Crippen molar-refractivity contribution in [1.29, 1.82) is 0 Å². The predicted octanol–water partition coefficient (Wildman–Crippen LogP) is 1.26. The third kappa shape index (κ3) is 2.67. The summed E-state index contributed by atoms with van der Waals surface area (Å²) in [5.74, 6) is -3.68. The fraction of sp³-hybridized carbons (Fsp3) is 0.353. The van der Waals surface area contributed by atoms with E-state index in [4.69, 9.17) is 27.9 Å². The standard InChI is InChI=1S/C17H15Cl2NO6/c18-16(19,9-10-4-2-1-3-5-10)14(23)17(15(24)25)11(6-7-21)26-13-8-12(22)20(13)17/h1-6,13,21H,7-9H2,(H,24,25)/b11-6-/t13-,17-/m1/s1.